The molecule has 4 rings (SSSR count). The van der Waals surface area contributed by atoms with Gasteiger partial charge in [0.15, 0.2) is 0 Å². The molecule has 1 aromatic heterocycles. The van der Waals surface area contributed by atoms with Gasteiger partial charge in [-0.2, -0.15) is 0 Å². The van der Waals surface area contributed by atoms with Gasteiger partial charge in [-0.25, -0.2) is 4.98 Å². The number of hydrogen-bond donors (Lipinski definition) is 2. The van der Waals surface area contributed by atoms with Crippen molar-refractivity contribution >= 4 is 24.0 Å². The van der Waals surface area contributed by atoms with Crippen LogP contribution in [0.2, 0.25) is 0 Å². The summed E-state index contributed by atoms with van der Waals surface area (Å²) in [6.07, 6.45) is 3.48. The number of aromatic nitrogens is 1. The average Bonchev–Trinajstić information content (AvgIpc) is 2.80. The van der Waals surface area contributed by atoms with Crippen LogP contribution in [-0.2, 0) is 11.2 Å². The molecule has 2 atom stereocenters. The Kier molecular flexibility index (Phi) is 7.72. The Hall–Kier alpha value is -3.09. The minimum Gasteiger partial charge on any atom is -0.485 e. The standard InChI is InChI=1S/C25H27N3O3.ClH/c1-16(2)24(26)25(29)28-19-9-13-23(27-15-19)30-20-10-12-22-18(14-20)8-11-21(31-22)17-6-4-3-5-7-17;/h3-7,9-10,12-16,21,24H,8,11,26H2,1-2H3,(H,28,29);1H/t21?,24-;/m1./s1. The number of carbonyl (C=O) groups excluding carboxylic acids is 1. The lowest BCUT2D eigenvalue weighted by molar-refractivity contribution is -0.118. The highest BCUT2D eigenvalue weighted by atomic mass is 35.5. The van der Waals surface area contributed by atoms with Crippen LogP contribution in [0.15, 0.2) is 66.9 Å². The first-order valence-corrected chi connectivity index (χ1v) is 10.5. The van der Waals surface area contributed by atoms with E-state index in [1.807, 2.05) is 50.2 Å². The monoisotopic (exact) mass is 453 g/mol. The molecule has 0 saturated heterocycles. The summed E-state index contributed by atoms with van der Waals surface area (Å²) in [5.74, 6) is 1.87. The maximum absolute atomic E-state index is 12.1. The summed E-state index contributed by atoms with van der Waals surface area (Å²) in [7, 11) is 0. The number of carbonyl (C=O) groups is 1. The predicted octanol–water partition coefficient (Wildman–Crippen LogP) is 5.28. The second-order valence-electron chi connectivity index (χ2n) is 8.07. The number of nitrogens with two attached hydrogens (primary N) is 1. The highest BCUT2D eigenvalue weighted by Crippen LogP contribution is 2.37. The molecule has 3 aromatic rings. The molecule has 2 aromatic carbocycles. The van der Waals surface area contributed by atoms with Gasteiger partial charge in [0.25, 0.3) is 0 Å². The summed E-state index contributed by atoms with van der Waals surface area (Å²) in [5.41, 5.74) is 8.77. The number of pyridine rings is 1. The maximum Gasteiger partial charge on any atom is 0.241 e. The molecule has 0 bridgehead atoms. The lowest BCUT2D eigenvalue weighted by Crippen LogP contribution is -2.39. The minimum absolute atomic E-state index is 0. The smallest absolute Gasteiger partial charge is 0.241 e. The molecule has 7 heteroatoms. The highest BCUT2D eigenvalue weighted by Gasteiger charge is 2.22. The van der Waals surface area contributed by atoms with E-state index >= 15 is 0 Å². The number of nitrogens with one attached hydrogen (secondary N) is 1. The molecule has 0 radical (unpaired) electrons. The van der Waals surface area contributed by atoms with Crippen molar-refractivity contribution in [3.05, 3.63) is 78.0 Å². The minimum atomic E-state index is -0.560. The van der Waals surface area contributed by atoms with Crippen LogP contribution in [0.5, 0.6) is 17.4 Å². The van der Waals surface area contributed by atoms with Gasteiger partial charge >= 0.3 is 0 Å². The van der Waals surface area contributed by atoms with E-state index in [1.165, 1.54) is 5.56 Å². The number of aryl methyl sites for hydroxylation is 1. The number of benzene rings is 2. The van der Waals surface area contributed by atoms with Gasteiger partial charge in [0, 0.05) is 6.07 Å². The van der Waals surface area contributed by atoms with E-state index in [0.29, 0.717) is 17.3 Å². The van der Waals surface area contributed by atoms with Crippen LogP contribution in [0, 0.1) is 5.92 Å². The highest BCUT2D eigenvalue weighted by molar-refractivity contribution is 5.94. The Bertz CT molecular complexity index is 1040. The lowest BCUT2D eigenvalue weighted by Gasteiger charge is -2.26. The van der Waals surface area contributed by atoms with Crippen molar-refractivity contribution in [3.63, 3.8) is 0 Å². The number of hydrogen-bond acceptors (Lipinski definition) is 5. The molecule has 0 saturated carbocycles. The largest absolute Gasteiger partial charge is 0.485 e. The lowest BCUT2D eigenvalue weighted by atomic mass is 9.97. The van der Waals surface area contributed by atoms with Crippen LogP contribution in [-0.4, -0.2) is 16.9 Å². The average molecular weight is 454 g/mol. The van der Waals surface area contributed by atoms with Crippen molar-refractivity contribution in [2.45, 2.75) is 38.8 Å². The van der Waals surface area contributed by atoms with Gasteiger partial charge in [0.05, 0.1) is 17.9 Å². The Morgan fingerprint density at radius 1 is 1.16 bits per heavy atom. The fourth-order valence-corrected chi connectivity index (χ4v) is 3.49. The molecule has 0 fully saturated rings. The molecular weight excluding hydrogens is 426 g/mol. The SMILES string of the molecule is CC(C)[C@@H](N)C(=O)Nc1ccc(Oc2ccc3c(c2)CCC(c2ccccc2)O3)nc1.Cl. The van der Waals surface area contributed by atoms with E-state index in [4.69, 9.17) is 15.2 Å². The van der Waals surface area contributed by atoms with Crippen LogP contribution >= 0.6 is 12.4 Å². The van der Waals surface area contributed by atoms with Gasteiger partial charge in [0.2, 0.25) is 11.8 Å². The first kappa shape index (κ1) is 23.6. The van der Waals surface area contributed by atoms with Crippen LogP contribution < -0.4 is 20.5 Å². The summed E-state index contributed by atoms with van der Waals surface area (Å²) in [5, 5.41) is 2.77. The third-order valence-corrected chi connectivity index (χ3v) is 5.40. The van der Waals surface area contributed by atoms with Gasteiger partial charge in [0.1, 0.15) is 17.6 Å². The molecular formula is C25H28ClN3O3. The zero-order valence-electron chi connectivity index (χ0n) is 18.2. The van der Waals surface area contributed by atoms with E-state index in [-0.39, 0.29) is 30.3 Å². The van der Waals surface area contributed by atoms with E-state index in [2.05, 4.69) is 22.4 Å². The van der Waals surface area contributed by atoms with E-state index < -0.39 is 6.04 Å². The number of fused-ring (bicyclic) bond motifs is 1. The number of anilines is 1. The molecule has 32 heavy (non-hydrogen) atoms. The van der Waals surface area contributed by atoms with Gasteiger partial charge < -0.3 is 20.5 Å². The Morgan fingerprint density at radius 3 is 2.62 bits per heavy atom. The van der Waals surface area contributed by atoms with E-state index in [9.17, 15) is 4.79 Å². The molecule has 1 unspecified atom stereocenters. The molecule has 168 valence electrons. The Labute approximate surface area is 194 Å². The second-order valence-corrected chi connectivity index (χ2v) is 8.07. The number of nitrogens with zero attached hydrogens (tertiary/aromatic N) is 1. The molecule has 1 amide bonds. The molecule has 1 aliphatic heterocycles. The Morgan fingerprint density at radius 2 is 1.94 bits per heavy atom. The van der Waals surface area contributed by atoms with Crippen molar-refractivity contribution in [2.75, 3.05) is 5.32 Å². The third-order valence-electron chi connectivity index (χ3n) is 5.40. The van der Waals surface area contributed by atoms with Crippen molar-refractivity contribution < 1.29 is 14.3 Å². The molecule has 1 aliphatic rings. The normalized spacial score (nSPS) is 15.7. The van der Waals surface area contributed by atoms with Crippen molar-refractivity contribution in [3.8, 4) is 17.4 Å². The third kappa shape index (κ3) is 5.58. The zero-order chi connectivity index (χ0) is 21.8. The molecule has 0 spiro atoms. The first-order chi connectivity index (χ1) is 15.0. The molecule has 3 N–H and O–H groups in total. The second kappa shape index (κ2) is 10.5. The topological polar surface area (TPSA) is 86.5 Å². The maximum atomic E-state index is 12.1. The predicted molar refractivity (Wildman–Crippen MR) is 128 cm³/mol. The summed E-state index contributed by atoms with van der Waals surface area (Å²) < 4.78 is 12.1. The van der Waals surface area contributed by atoms with E-state index in [0.717, 1.165) is 24.2 Å². The quantitative estimate of drug-likeness (QED) is 0.530. The fraction of sp³-hybridized carbons (Fsp3) is 0.280. The van der Waals surface area contributed by atoms with Gasteiger partial charge in [-0.1, -0.05) is 44.2 Å². The molecule has 2 heterocycles. The van der Waals surface area contributed by atoms with E-state index in [1.54, 1.807) is 18.3 Å². The van der Waals surface area contributed by atoms with Crippen LogP contribution in [0.3, 0.4) is 0 Å². The van der Waals surface area contributed by atoms with Gasteiger partial charge in [-0.3, -0.25) is 4.79 Å². The van der Waals surface area contributed by atoms with Crippen LogP contribution in [0.25, 0.3) is 0 Å². The number of ether oxygens (including phenoxy) is 2. The first-order valence-electron chi connectivity index (χ1n) is 10.5. The summed E-state index contributed by atoms with van der Waals surface area (Å²) in [6.45, 7) is 3.82. The number of rotatable bonds is 6. The Balaban J connectivity index is 0.00000289. The van der Waals surface area contributed by atoms with Gasteiger partial charge in [-0.15, -0.1) is 12.4 Å². The molecule has 6 nitrogen and oxygen atoms in total. The summed E-state index contributed by atoms with van der Waals surface area (Å²) in [6, 6.07) is 19.0. The zero-order valence-corrected chi connectivity index (χ0v) is 19.0. The van der Waals surface area contributed by atoms with Crippen molar-refractivity contribution in [1.82, 2.24) is 4.98 Å². The van der Waals surface area contributed by atoms with Gasteiger partial charge in [-0.05, 0) is 54.2 Å². The van der Waals surface area contributed by atoms with Crippen LogP contribution in [0.1, 0.15) is 37.5 Å². The number of amides is 1. The fourth-order valence-electron chi connectivity index (χ4n) is 3.49. The number of halogens is 1. The summed E-state index contributed by atoms with van der Waals surface area (Å²) >= 11 is 0. The summed E-state index contributed by atoms with van der Waals surface area (Å²) in [4.78, 5) is 16.4. The van der Waals surface area contributed by atoms with Crippen LogP contribution in [0.4, 0.5) is 5.69 Å². The molecule has 0 aliphatic carbocycles. The van der Waals surface area contributed by atoms with Crippen molar-refractivity contribution in [1.29, 1.82) is 0 Å². The van der Waals surface area contributed by atoms with Crippen molar-refractivity contribution in [2.24, 2.45) is 11.7 Å².